The van der Waals surface area contributed by atoms with Crippen LogP contribution in [0.1, 0.15) is 25.7 Å². The molecule has 0 spiro atoms. The van der Waals surface area contributed by atoms with E-state index in [1.54, 1.807) is 6.20 Å². The van der Waals surface area contributed by atoms with Crippen molar-refractivity contribution in [1.29, 1.82) is 0 Å². The number of halogens is 2. The minimum atomic E-state index is -0.334. The van der Waals surface area contributed by atoms with Crippen molar-refractivity contribution >= 4 is 53.2 Å². The number of fused-ring (bicyclic) bond motifs is 2. The number of rotatable bonds is 4. The normalized spacial score (nSPS) is 23.1. The Morgan fingerprint density at radius 1 is 1.18 bits per heavy atom. The van der Waals surface area contributed by atoms with Crippen molar-refractivity contribution in [1.82, 2.24) is 15.6 Å². The second-order valence-electron chi connectivity index (χ2n) is 7.34. The summed E-state index contributed by atoms with van der Waals surface area (Å²) in [6.07, 6.45) is 5.98. The Bertz CT molecular complexity index is 843. The van der Waals surface area contributed by atoms with E-state index in [9.17, 15) is 9.59 Å². The van der Waals surface area contributed by atoms with Gasteiger partial charge < -0.3 is 16.0 Å². The van der Waals surface area contributed by atoms with Crippen molar-refractivity contribution in [2.75, 3.05) is 25.0 Å². The lowest BCUT2D eigenvalue weighted by atomic mass is 9.67. The number of nitrogens with zero attached hydrogens (tertiary/aromatic N) is 1. The van der Waals surface area contributed by atoms with Crippen LogP contribution in [0, 0.1) is 11.3 Å². The Labute approximate surface area is 177 Å². The van der Waals surface area contributed by atoms with Gasteiger partial charge in [0.05, 0.1) is 23.2 Å². The van der Waals surface area contributed by atoms with Crippen LogP contribution in [0.4, 0.5) is 5.69 Å². The predicted molar refractivity (Wildman–Crippen MR) is 115 cm³/mol. The van der Waals surface area contributed by atoms with Crippen molar-refractivity contribution in [3.05, 3.63) is 36.5 Å². The first-order chi connectivity index (χ1) is 12.7. The fourth-order valence-corrected chi connectivity index (χ4v) is 4.43. The maximum absolute atomic E-state index is 12.8. The van der Waals surface area contributed by atoms with E-state index in [2.05, 4.69) is 20.9 Å². The van der Waals surface area contributed by atoms with Gasteiger partial charge in [0.15, 0.2) is 0 Å². The highest BCUT2D eigenvalue weighted by molar-refractivity contribution is 6.02. The molecule has 8 heteroatoms. The summed E-state index contributed by atoms with van der Waals surface area (Å²) in [4.78, 5) is 29.5. The van der Waals surface area contributed by atoms with E-state index in [0.29, 0.717) is 11.6 Å². The Morgan fingerprint density at radius 2 is 2.00 bits per heavy atom. The molecule has 0 unspecified atom stereocenters. The van der Waals surface area contributed by atoms with Gasteiger partial charge in [-0.15, -0.1) is 24.8 Å². The van der Waals surface area contributed by atoms with Crippen molar-refractivity contribution in [2.24, 2.45) is 11.3 Å². The molecule has 1 aromatic heterocycles. The molecule has 2 aliphatic rings. The fraction of sp³-hybridized carbons (Fsp3) is 0.450. The van der Waals surface area contributed by atoms with Gasteiger partial charge in [0, 0.05) is 18.1 Å². The van der Waals surface area contributed by atoms with Crippen LogP contribution in [-0.2, 0) is 9.59 Å². The van der Waals surface area contributed by atoms with Gasteiger partial charge in [-0.25, -0.2) is 0 Å². The number of nitrogens with one attached hydrogen (secondary N) is 3. The van der Waals surface area contributed by atoms with Crippen LogP contribution < -0.4 is 16.0 Å². The zero-order valence-corrected chi connectivity index (χ0v) is 17.2. The van der Waals surface area contributed by atoms with E-state index in [1.165, 1.54) is 6.42 Å². The number of hydrogen-bond acceptors (Lipinski definition) is 4. The lowest BCUT2D eigenvalue weighted by Gasteiger charge is -2.37. The van der Waals surface area contributed by atoms with Crippen LogP contribution in [0.5, 0.6) is 0 Å². The monoisotopic (exact) mass is 424 g/mol. The maximum Gasteiger partial charge on any atom is 0.243 e. The number of anilines is 1. The first-order valence-electron chi connectivity index (χ1n) is 9.32. The molecule has 2 heterocycles. The summed E-state index contributed by atoms with van der Waals surface area (Å²) < 4.78 is 0. The zero-order chi connectivity index (χ0) is 18.0. The standard InChI is InChI=1S/C20H24N4O2.2ClH/c25-17(24-16-8-3-5-14-6-4-10-22-18(14)16)12-23-19(26)20-9-2-1-7-15(20)11-21-13-20;;/h3-6,8,10,15,21H,1-2,7,9,11-13H2,(H,23,26)(H,24,25);2*1H/t15-,20+;;/m0../s1. The summed E-state index contributed by atoms with van der Waals surface area (Å²) in [5.74, 6) is 0.172. The third kappa shape index (κ3) is 4.24. The van der Waals surface area contributed by atoms with Crippen molar-refractivity contribution in [3.63, 3.8) is 0 Å². The van der Waals surface area contributed by atoms with Crippen LogP contribution in [0.2, 0.25) is 0 Å². The summed E-state index contributed by atoms with van der Waals surface area (Å²) in [7, 11) is 0. The second-order valence-corrected chi connectivity index (χ2v) is 7.34. The van der Waals surface area contributed by atoms with Gasteiger partial charge in [0.25, 0.3) is 0 Å². The van der Waals surface area contributed by atoms with E-state index in [1.807, 2.05) is 30.3 Å². The van der Waals surface area contributed by atoms with Crippen molar-refractivity contribution in [3.8, 4) is 0 Å². The fourth-order valence-electron chi connectivity index (χ4n) is 4.43. The first kappa shape index (κ1) is 22.4. The highest BCUT2D eigenvalue weighted by atomic mass is 35.5. The number of amides is 2. The lowest BCUT2D eigenvalue weighted by molar-refractivity contribution is -0.135. The number of benzene rings is 1. The summed E-state index contributed by atoms with van der Waals surface area (Å²) in [6.45, 7) is 1.61. The molecule has 152 valence electrons. The molecule has 1 aliphatic carbocycles. The summed E-state index contributed by atoms with van der Waals surface area (Å²) in [5.41, 5.74) is 1.08. The molecule has 0 bridgehead atoms. The van der Waals surface area contributed by atoms with Gasteiger partial charge in [0.1, 0.15) is 0 Å². The van der Waals surface area contributed by atoms with Gasteiger partial charge in [-0.1, -0.05) is 31.0 Å². The first-order valence-corrected chi connectivity index (χ1v) is 9.32. The number of hydrogen-bond donors (Lipinski definition) is 3. The maximum atomic E-state index is 12.8. The Balaban J connectivity index is 0.00000140. The number of carbonyl (C=O) groups excluding carboxylic acids is 2. The molecule has 1 aliphatic heterocycles. The van der Waals surface area contributed by atoms with Crippen LogP contribution in [-0.4, -0.2) is 36.4 Å². The molecule has 1 aromatic carbocycles. The molecule has 2 fully saturated rings. The SMILES string of the molecule is Cl.Cl.O=C(CNC(=O)[C@@]12CCCC[C@H]1CNC2)Nc1cccc2cccnc12. The molecule has 2 amide bonds. The summed E-state index contributed by atoms with van der Waals surface area (Å²) in [5, 5.41) is 10.1. The van der Waals surface area contributed by atoms with E-state index in [4.69, 9.17) is 0 Å². The number of aromatic nitrogens is 1. The Hall–Kier alpha value is -1.89. The summed E-state index contributed by atoms with van der Waals surface area (Å²) in [6, 6.07) is 9.48. The number of para-hydroxylation sites is 1. The number of pyridine rings is 1. The highest BCUT2D eigenvalue weighted by Gasteiger charge is 2.49. The molecule has 2 atom stereocenters. The predicted octanol–water partition coefficient (Wildman–Crippen LogP) is 2.91. The third-order valence-electron chi connectivity index (χ3n) is 5.81. The Morgan fingerprint density at radius 3 is 2.86 bits per heavy atom. The van der Waals surface area contributed by atoms with Crippen LogP contribution >= 0.6 is 24.8 Å². The van der Waals surface area contributed by atoms with E-state index in [0.717, 1.165) is 43.3 Å². The van der Waals surface area contributed by atoms with Crippen molar-refractivity contribution < 1.29 is 9.59 Å². The average molecular weight is 425 g/mol. The van der Waals surface area contributed by atoms with E-state index >= 15 is 0 Å². The summed E-state index contributed by atoms with van der Waals surface area (Å²) >= 11 is 0. The average Bonchev–Trinajstić information content (AvgIpc) is 3.12. The van der Waals surface area contributed by atoms with Crippen LogP contribution in [0.3, 0.4) is 0 Å². The van der Waals surface area contributed by atoms with Crippen molar-refractivity contribution in [2.45, 2.75) is 25.7 Å². The van der Waals surface area contributed by atoms with Crippen LogP contribution in [0.15, 0.2) is 36.5 Å². The number of carbonyl (C=O) groups is 2. The molecule has 2 aromatic rings. The van der Waals surface area contributed by atoms with Gasteiger partial charge in [-0.3, -0.25) is 14.6 Å². The molecule has 28 heavy (non-hydrogen) atoms. The zero-order valence-electron chi connectivity index (χ0n) is 15.6. The molecule has 1 saturated heterocycles. The van der Waals surface area contributed by atoms with E-state index < -0.39 is 0 Å². The molecule has 4 rings (SSSR count). The minimum Gasteiger partial charge on any atom is -0.346 e. The molecule has 6 nitrogen and oxygen atoms in total. The largest absolute Gasteiger partial charge is 0.346 e. The van der Waals surface area contributed by atoms with Gasteiger partial charge in [-0.2, -0.15) is 0 Å². The molecule has 0 radical (unpaired) electrons. The third-order valence-corrected chi connectivity index (χ3v) is 5.81. The van der Waals surface area contributed by atoms with Gasteiger partial charge in [-0.05, 0) is 37.4 Å². The molecule has 3 N–H and O–H groups in total. The topological polar surface area (TPSA) is 83.1 Å². The van der Waals surface area contributed by atoms with Crippen LogP contribution in [0.25, 0.3) is 10.9 Å². The van der Waals surface area contributed by atoms with Gasteiger partial charge in [0.2, 0.25) is 11.8 Å². The quantitative estimate of drug-likeness (QED) is 0.704. The van der Waals surface area contributed by atoms with Gasteiger partial charge >= 0.3 is 0 Å². The highest BCUT2D eigenvalue weighted by Crippen LogP contribution is 2.43. The smallest absolute Gasteiger partial charge is 0.243 e. The lowest BCUT2D eigenvalue weighted by Crippen LogP contribution is -2.49. The minimum absolute atomic E-state index is 0. The second kappa shape index (κ2) is 9.54. The Kier molecular flexibility index (Phi) is 7.63. The molecular weight excluding hydrogens is 399 g/mol. The molecule has 1 saturated carbocycles. The van der Waals surface area contributed by atoms with E-state index in [-0.39, 0.29) is 48.6 Å². The molecular formula is C20H26Cl2N4O2.